The lowest BCUT2D eigenvalue weighted by molar-refractivity contribution is -0.129. The number of likely N-dealkylation sites (N-methyl/N-ethyl adjacent to an activating group) is 1. The quantitative estimate of drug-likeness (QED) is 0.746. The molecule has 1 amide bonds. The number of benzene rings is 1. The lowest BCUT2D eigenvalue weighted by Gasteiger charge is -2.15. The monoisotopic (exact) mass is 340 g/mol. The largest absolute Gasteiger partial charge is 0.478 e. The van der Waals surface area contributed by atoms with E-state index in [1.165, 1.54) is 6.07 Å². The zero-order valence-corrected chi connectivity index (χ0v) is 14.4. The zero-order valence-electron chi connectivity index (χ0n) is 14.4. The second-order valence-corrected chi connectivity index (χ2v) is 6.23. The molecule has 25 heavy (non-hydrogen) atoms. The van der Waals surface area contributed by atoms with Gasteiger partial charge in [0, 0.05) is 24.1 Å². The first-order chi connectivity index (χ1) is 11.9. The Morgan fingerprint density at radius 3 is 2.72 bits per heavy atom. The van der Waals surface area contributed by atoms with E-state index in [1.54, 1.807) is 18.9 Å². The molecule has 3 rings (SSSR count). The van der Waals surface area contributed by atoms with Crippen molar-refractivity contribution >= 4 is 22.8 Å². The lowest BCUT2D eigenvalue weighted by Crippen LogP contribution is -2.27. The minimum atomic E-state index is -1.03. The van der Waals surface area contributed by atoms with E-state index in [0.717, 1.165) is 22.0 Å². The third-order valence-electron chi connectivity index (χ3n) is 4.37. The predicted octanol–water partition coefficient (Wildman–Crippen LogP) is 3.28. The van der Waals surface area contributed by atoms with Gasteiger partial charge in [-0.15, -0.1) is 0 Å². The zero-order chi connectivity index (χ0) is 18.1. The fourth-order valence-electron chi connectivity index (χ4n) is 2.96. The highest BCUT2D eigenvalue weighted by Crippen LogP contribution is 2.22. The highest BCUT2D eigenvalue weighted by Gasteiger charge is 2.18. The molecule has 0 aliphatic heterocycles. The van der Waals surface area contributed by atoms with Crippen LogP contribution in [0.2, 0.25) is 0 Å². The molecule has 0 bridgehead atoms. The number of fused-ring (bicyclic) bond motifs is 1. The molecule has 0 aliphatic carbocycles. The summed E-state index contributed by atoms with van der Waals surface area (Å²) in [7, 11) is 1.68. The molecule has 2 N–H and O–H groups in total. The predicted molar refractivity (Wildman–Crippen MR) is 93.6 cm³/mol. The van der Waals surface area contributed by atoms with Crippen molar-refractivity contribution in [3.05, 3.63) is 58.7 Å². The van der Waals surface area contributed by atoms with Crippen LogP contribution in [0, 0.1) is 13.8 Å². The second-order valence-electron chi connectivity index (χ2n) is 6.23. The van der Waals surface area contributed by atoms with Crippen LogP contribution in [0.15, 0.2) is 34.9 Å². The van der Waals surface area contributed by atoms with E-state index >= 15 is 0 Å². The van der Waals surface area contributed by atoms with Crippen molar-refractivity contribution in [3.8, 4) is 0 Å². The molecule has 0 unspecified atom stereocenters. The third-order valence-corrected chi connectivity index (χ3v) is 4.37. The number of carbonyl (C=O) groups excluding carboxylic acids is 1. The fraction of sp³-hybridized carbons (Fsp3) is 0.263. The summed E-state index contributed by atoms with van der Waals surface area (Å²) in [6.07, 6.45) is 2.13. The number of H-pyrrole nitrogens is 1. The Kier molecular flexibility index (Phi) is 4.35. The van der Waals surface area contributed by atoms with E-state index in [4.69, 9.17) is 9.52 Å². The molecule has 0 aliphatic rings. The molecular formula is C19H20N2O4. The van der Waals surface area contributed by atoms with Gasteiger partial charge in [0.2, 0.25) is 5.91 Å². The SMILES string of the molecule is Cc1oc(CN(C)C(=O)Cc2c[nH]c3c(C)cccc23)cc1C(=O)O. The fourth-order valence-corrected chi connectivity index (χ4v) is 2.96. The number of amides is 1. The van der Waals surface area contributed by atoms with Crippen LogP contribution < -0.4 is 0 Å². The Labute approximate surface area is 145 Å². The molecular weight excluding hydrogens is 320 g/mol. The standard InChI is InChI=1S/C19H20N2O4/c1-11-5-4-6-15-13(9-20-18(11)15)7-17(22)21(3)10-14-8-16(19(23)24)12(2)25-14/h4-6,8-9,20H,7,10H2,1-3H3,(H,23,24). The van der Waals surface area contributed by atoms with Gasteiger partial charge in [-0.05, 0) is 31.0 Å². The molecule has 0 atom stereocenters. The Bertz CT molecular complexity index is 952. The number of aromatic amines is 1. The summed E-state index contributed by atoms with van der Waals surface area (Å²) in [5.74, 6) is -0.292. The number of carbonyl (C=O) groups is 2. The number of hydrogen-bond acceptors (Lipinski definition) is 3. The normalized spacial score (nSPS) is 11.0. The van der Waals surface area contributed by atoms with Gasteiger partial charge in [0.05, 0.1) is 13.0 Å². The van der Waals surface area contributed by atoms with E-state index in [-0.39, 0.29) is 24.4 Å². The number of aryl methyl sites for hydroxylation is 2. The lowest BCUT2D eigenvalue weighted by atomic mass is 10.1. The number of aromatic carboxylic acids is 1. The van der Waals surface area contributed by atoms with Crippen molar-refractivity contribution in [1.82, 2.24) is 9.88 Å². The van der Waals surface area contributed by atoms with E-state index in [9.17, 15) is 9.59 Å². The van der Waals surface area contributed by atoms with E-state index in [0.29, 0.717) is 11.5 Å². The minimum absolute atomic E-state index is 0.0617. The number of nitrogens with one attached hydrogen (secondary N) is 1. The van der Waals surface area contributed by atoms with Gasteiger partial charge in [-0.25, -0.2) is 4.79 Å². The van der Waals surface area contributed by atoms with E-state index in [2.05, 4.69) is 4.98 Å². The van der Waals surface area contributed by atoms with Gasteiger partial charge in [0.25, 0.3) is 0 Å². The van der Waals surface area contributed by atoms with Crippen molar-refractivity contribution in [2.75, 3.05) is 7.05 Å². The highest BCUT2D eigenvalue weighted by molar-refractivity contribution is 5.90. The summed E-state index contributed by atoms with van der Waals surface area (Å²) in [6.45, 7) is 3.85. The van der Waals surface area contributed by atoms with E-state index in [1.807, 2.05) is 31.3 Å². The Hall–Kier alpha value is -3.02. The smallest absolute Gasteiger partial charge is 0.339 e. The second kappa shape index (κ2) is 6.47. The molecule has 6 nitrogen and oxygen atoms in total. The van der Waals surface area contributed by atoms with Crippen LogP contribution in [0.4, 0.5) is 0 Å². The summed E-state index contributed by atoms with van der Waals surface area (Å²) in [4.78, 5) is 28.4. The molecule has 0 fully saturated rings. The van der Waals surface area contributed by atoms with Crippen molar-refractivity contribution < 1.29 is 19.1 Å². The number of hydrogen-bond donors (Lipinski definition) is 2. The maximum Gasteiger partial charge on any atom is 0.339 e. The molecule has 130 valence electrons. The Morgan fingerprint density at radius 2 is 2.04 bits per heavy atom. The van der Waals surface area contributed by atoms with Gasteiger partial charge in [-0.1, -0.05) is 18.2 Å². The van der Waals surface area contributed by atoms with Gasteiger partial charge in [0.15, 0.2) is 0 Å². The summed E-state index contributed by atoms with van der Waals surface area (Å²) in [6, 6.07) is 7.46. The maximum absolute atomic E-state index is 12.5. The van der Waals surface area contributed by atoms with Crippen LogP contribution in [0.5, 0.6) is 0 Å². The third kappa shape index (κ3) is 3.28. The van der Waals surface area contributed by atoms with Crippen molar-refractivity contribution in [2.24, 2.45) is 0 Å². The molecule has 0 spiro atoms. The van der Waals surface area contributed by atoms with Crippen LogP contribution in [-0.4, -0.2) is 33.9 Å². The first-order valence-corrected chi connectivity index (χ1v) is 7.99. The molecule has 1 aromatic carbocycles. The maximum atomic E-state index is 12.5. The van der Waals surface area contributed by atoms with Crippen molar-refractivity contribution in [1.29, 1.82) is 0 Å². The number of para-hydroxylation sites is 1. The van der Waals surface area contributed by atoms with Gasteiger partial charge < -0.3 is 19.4 Å². The van der Waals surface area contributed by atoms with Gasteiger partial charge in [-0.3, -0.25) is 4.79 Å². The minimum Gasteiger partial charge on any atom is -0.478 e. The van der Waals surface area contributed by atoms with E-state index < -0.39 is 5.97 Å². The molecule has 0 radical (unpaired) electrons. The number of carboxylic acids is 1. The summed E-state index contributed by atoms with van der Waals surface area (Å²) in [5.41, 5.74) is 3.25. The van der Waals surface area contributed by atoms with Gasteiger partial charge in [-0.2, -0.15) is 0 Å². The summed E-state index contributed by atoms with van der Waals surface area (Å²) < 4.78 is 5.44. The van der Waals surface area contributed by atoms with Crippen LogP contribution in [0.3, 0.4) is 0 Å². The van der Waals surface area contributed by atoms with Crippen LogP contribution in [-0.2, 0) is 17.8 Å². The average molecular weight is 340 g/mol. The van der Waals surface area contributed by atoms with Gasteiger partial charge in [0.1, 0.15) is 17.1 Å². The molecule has 0 saturated carbocycles. The molecule has 0 saturated heterocycles. The number of carboxylic acid groups (broad SMARTS) is 1. The number of nitrogens with zero attached hydrogens (tertiary/aromatic N) is 1. The number of furan rings is 1. The van der Waals surface area contributed by atoms with Gasteiger partial charge >= 0.3 is 5.97 Å². The first kappa shape index (κ1) is 16.8. The summed E-state index contributed by atoms with van der Waals surface area (Å²) in [5, 5.41) is 10.1. The first-order valence-electron chi connectivity index (χ1n) is 7.99. The number of rotatable bonds is 5. The Morgan fingerprint density at radius 1 is 1.28 bits per heavy atom. The van der Waals surface area contributed by atoms with Crippen LogP contribution >= 0.6 is 0 Å². The van der Waals surface area contributed by atoms with Crippen molar-refractivity contribution in [2.45, 2.75) is 26.8 Å². The van der Waals surface area contributed by atoms with Crippen LogP contribution in [0.25, 0.3) is 10.9 Å². The van der Waals surface area contributed by atoms with Crippen LogP contribution in [0.1, 0.15) is 33.0 Å². The Balaban J connectivity index is 1.73. The average Bonchev–Trinajstić information content (AvgIpc) is 3.12. The highest BCUT2D eigenvalue weighted by atomic mass is 16.4. The molecule has 6 heteroatoms. The molecule has 3 aromatic rings. The van der Waals surface area contributed by atoms with Crippen molar-refractivity contribution in [3.63, 3.8) is 0 Å². The number of aromatic nitrogens is 1. The topological polar surface area (TPSA) is 86.5 Å². The summed E-state index contributed by atoms with van der Waals surface area (Å²) >= 11 is 0. The molecule has 2 heterocycles. The molecule has 2 aromatic heterocycles.